The van der Waals surface area contributed by atoms with Crippen molar-refractivity contribution in [3.8, 4) is 0 Å². The summed E-state index contributed by atoms with van der Waals surface area (Å²) in [5, 5.41) is 8.44. The summed E-state index contributed by atoms with van der Waals surface area (Å²) in [4.78, 5) is 21.4. The van der Waals surface area contributed by atoms with Crippen molar-refractivity contribution < 1.29 is 19.4 Å². The van der Waals surface area contributed by atoms with Crippen LogP contribution in [-0.2, 0) is 14.3 Å². The van der Waals surface area contributed by atoms with Crippen molar-refractivity contribution in [1.82, 2.24) is 0 Å². The van der Waals surface area contributed by atoms with Crippen LogP contribution < -0.4 is 0 Å². The Labute approximate surface area is 80.6 Å². The Morgan fingerprint density at radius 2 is 2.54 bits per heavy atom. The summed E-state index contributed by atoms with van der Waals surface area (Å²) in [5.41, 5.74) is 0. The molecule has 1 heterocycles. The van der Waals surface area contributed by atoms with E-state index >= 15 is 0 Å². The smallest absolute Gasteiger partial charge is 0.319 e. The summed E-state index contributed by atoms with van der Waals surface area (Å²) in [6, 6.07) is 0. The van der Waals surface area contributed by atoms with Gasteiger partial charge in [0.15, 0.2) is 0 Å². The van der Waals surface area contributed by atoms with Gasteiger partial charge in [0.05, 0.1) is 12.5 Å². The van der Waals surface area contributed by atoms with Crippen molar-refractivity contribution in [1.29, 1.82) is 0 Å². The van der Waals surface area contributed by atoms with E-state index in [1.807, 2.05) is 0 Å². The van der Waals surface area contributed by atoms with Gasteiger partial charge in [-0.2, -0.15) is 0 Å². The first-order valence-electron chi connectivity index (χ1n) is 4.12. The van der Waals surface area contributed by atoms with Gasteiger partial charge in [-0.15, -0.1) is 11.8 Å². The average Bonchev–Trinajstić information content (AvgIpc) is 2.47. The molecule has 0 saturated carbocycles. The van der Waals surface area contributed by atoms with Gasteiger partial charge in [-0.3, -0.25) is 9.59 Å². The molecule has 2 unspecified atom stereocenters. The molecule has 2 atom stereocenters. The number of carboxylic acids is 1. The maximum atomic E-state index is 11.0. The molecule has 0 amide bonds. The number of esters is 1. The number of cyclic esters (lactones) is 1. The van der Waals surface area contributed by atoms with Crippen molar-refractivity contribution in [2.24, 2.45) is 5.92 Å². The molecular formula is C8H12O4S. The van der Waals surface area contributed by atoms with Crippen molar-refractivity contribution in [3.63, 3.8) is 0 Å². The van der Waals surface area contributed by atoms with Crippen LogP contribution in [0.25, 0.3) is 0 Å². The Morgan fingerprint density at radius 1 is 1.85 bits per heavy atom. The van der Waals surface area contributed by atoms with Crippen LogP contribution in [0.5, 0.6) is 0 Å². The van der Waals surface area contributed by atoms with Crippen LogP contribution in [0.1, 0.15) is 13.3 Å². The van der Waals surface area contributed by atoms with Crippen LogP contribution in [0, 0.1) is 5.92 Å². The monoisotopic (exact) mass is 204 g/mol. The number of carbonyl (C=O) groups excluding carboxylic acids is 1. The lowest BCUT2D eigenvalue weighted by Crippen LogP contribution is -2.17. The van der Waals surface area contributed by atoms with E-state index in [1.165, 1.54) is 11.8 Å². The number of hydrogen-bond acceptors (Lipinski definition) is 4. The van der Waals surface area contributed by atoms with Gasteiger partial charge in [0.1, 0.15) is 5.25 Å². The van der Waals surface area contributed by atoms with E-state index < -0.39 is 11.9 Å². The van der Waals surface area contributed by atoms with Crippen LogP contribution in [0.2, 0.25) is 0 Å². The van der Waals surface area contributed by atoms with Gasteiger partial charge in [-0.25, -0.2) is 0 Å². The lowest BCUT2D eigenvalue weighted by Gasteiger charge is -2.07. The summed E-state index contributed by atoms with van der Waals surface area (Å²) >= 11 is 1.37. The molecule has 5 heteroatoms. The van der Waals surface area contributed by atoms with Crippen molar-refractivity contribution >= 4 is 23.7 Å². The first-order chi connectivity index (χ1) is 6.11. The SMILES string of the molecule is CC(CSC1CCOC1=O)C(=O)O. The fourth-order valence-electron chi connectivity index (χ4n) is 0.961. The molecule has 0 aromatic heterocycles. The normalized spacial score (nSPS) is 24.1. The Kier molecular flexibility index (Phi) is 3.59. The number of hydrogen-bond donors (Lipinski definition) is 1. The van der Waals surface area contributed by atoms with Crippen LogP contribution in [0.15, 0.2) is 0 Å². The third-order valence-corrected chi connectivity index (χ3v) is 3.38. The zero-order valence-corrected chi connectivity index (χ0v) is 8.17. The van der Waals surface area contributed by atoms with Crippen molar-refractivity contribution in [2.45, 2.75) is 18.6 Å². The van der Waals surface area contributed by atoms with Crippen LogP contribution >= 0.6 is 11.8 Å². The summed E-state index contributed by atoms with van der Waals surface area (Å²) in [5.74, 6) is -0.963. The molecule has 74 valence electrons. The van der Waals surface area contributed by atoms with Crippen LogP contribution in [0.3, 0.4) is 0 Å². The molecule has 4 nitrogen and oxygen atoms in total. The molecule has 0 aromatic carbocycles. The predicted molar refractivity (Wildman–Crippen MR) is 48.6 cm³/mol. The van der Waals surface area contributed by atoms with E-state index in [1.54, 1.807) is 6.92 Å². The molecular weight excluding hydrogens is 192 g/mol. The summed E-state index contributed by atoms with van der Waals surface area (Å²) in [7, 11) is 0. The second-order valence-corrected chi connectivity index (χ2v) is 4.25. The second kappa shape index (κ2) is 4.50. The van der Waals surface area contributed by atoms with Crippen LogP contribution in [-0.4, -0.2) is 34.7 Å². The lowest BCUT2D eigenvalue weighted by molar-refractivity contribution is -0.140. The van der Waals surface area contributed by atoms with Gasteiger partial charge in [0, 0.05) is 12.2 Å². The maximum absolute atomic E-state index is 11.0. The zero-order chi connectivity index (χ0) is 9.84. The first kappa shape index (κ1) is 10.4. The number of carboxylic acid groups (broad SMARTS) is 1. The largest absolute Gasteiger partial charge is 0.481 e. The number of rotatable bonds is 4. The lowest BCUT2D eigenvalue weighted by atomic mass is 10.2. The Hall–Kier alpha value is -0.710. The number of carbonyl (C=O) groups is 2. The third kappa shape index (κ3) is 2.91. The summed E-state index contributed by atoms with van der Waals surface area (Å²) < 4.78 is 4.75. The molecule has 1 aliphatic rings. The highest BCUT2D eigenvalue weighted by molar-refractivity contribution is 8.00. The highest BCUT2D eigenvalue weighted by atomic mass is 32.2. The molecule has 1 rings (SSSR count). The van der Waals surface area contributed by atoms with Gasteiger partial charge >= 0.3 is 11.9 Å². The van der Waals surface area contributed by atoms with Crippen molar-refractivity contribution in [3.05, 3.63) is 0 Å². The summed E-state index contributed by atoms with van der Waals surface area (Å²) in [6.45, 7) is 2.10. The molecule has 0 aromatic rings. The molecule has 0 aliphatic carbocycles. The van der Waals surface area contributed by atoms with Gasteiger partial charge < -0.3 is 9.84 Å². The molecule has 1 aliphatic heterocycles. The first-order valence-corrected chi connectivity index (χ1v) is 5.17. The highest BCUT2D eigenvalue weighted by Gasteiger charge is 2.27. The minimum Gasteiger partial charge on any atom is -0.481 e. The minimum atomic E-state index is -0.820. The predicted octanol–water partition coefficient (Wildman–Crippen LogP) is 0.756. The summed E-state index contributed by atoms with van der Waals surface area (Å²) in [6.07, 6.45) is 0.704. The van der Waals surface area contributed by atoms with Gasteiger partial charge in [-0.1, -0.05) is 6.92 Å². The fraction of sp³-hybridized carbons (Fsp3) is 0.750. The van der Waals surface area contributed by atoms with E-state index in [0.29, 0.717) is 18.8 Å². The van der Waals surface area contributed by atoms with E-state index in [4.69, 9.17) is 9.84 Å². The number of ether oxygens (including phenoxy) is 1. The Bertz CT molecular complexity index is 216. The molecule has 0 radical (unpaired) electrons. The standard InChI is InChI=1S/C8H12O4S/c1-5(7(9)10)4-13-6-2-3-12-8(6)11/h5-6H,2-4H2,1H3,(H,9,10). The minimum absolute atomic E-state index is 0.151. The number of thioether (sulfide) groups is 1. The van der Waals surface area contributed by atoms with E-state index in [-0.39, 0.29) is 11.2 Å². The maximum Gasteiger partial charge on any atom is 0.319 e. The Morgan fingerprint density at radius 3 is 3.00 bits per heavy atom. The van der Waals surface area contributed by atoms with E-state index in [0.717, 1.165) is 0 Å². The Balaban J connectivity index is 2.25. The van der Waals surface area contributed by atoms with Gasteiger partial charge in [0.25, 0.3) is 0 Å². The number of aliphatic carboxylic acids is 1. The van der Waals surface area contributed by atoms with E-state index in [2.05, 4.69) is 0 Å². The molecule has 13 heavy (non-hydrogen) atoms. The van der Waals surface area contributed by atoms with Gasteiger partial charge in [-0.05, 0) is 0 Å². The third-order valence-electron chi connectivity index (χ3n) is 1.86. The molecule has 1 fully saturated rings. The molecule has 0 bridgehead atoms. The average molecular weight is 204 g/mol. The van der Waals surface area contributed by atoms with Crippen molar-refractivity contribution in [2.75, 3.05) is 12.4 Å². The second-order valence-electron chi connectivity index (χ2n) is 3.02. The van der Waals surface area contributed by atoms with Crippen LogP contribution in [0.4, 0.5) is 0 Å². The fourth-order valence-corrected chi connectivity index (χ4v) is 2.09. The quantitative estimate of drug-likeness (QED) is 0.685. The molecule has 1 N–H and O–H groups in total. The molecule has 1 saturated heterocycles. The zero-order valence-electron chi connectivity index (χ0n) is 7.36. The van der Waals surface area contributed by atoms with E-state index in [9.17, 15) is 9.59 Å². The molecule has 0 spiro atoms. The topological polar surface area (TPSA) is 63.6 Å². The highest BCUT2D eigenvalue weighted by Crippen LogP contribution is 2.23. The van der Waals surface area contributed by atoms with Gasteiger partial charge in [0.2, 0.25) is 0 Å².